The second kappa shape index (κ2) is 2.96. The van der Waals surface area contributed by atoms with Crippen LogP contribution in [0.1, 0.15) is 40.5 Å². The van der Waals surface area contributed by atoms with Crippen molar-refractivity contribution in [3.8, 4) is 0 Å². The van der Waals surface area contributed by atoms with Crippen LogP contribution in [-0.4, -0.2) is 29.1 Å². The monoisotopic (exact) mass is 196 g/mol. The van der Waals surface area contributed by atoms with Crippen LogP contribution < -0.4 is 5.32 Å². The average molecular weight is 196 g/mol. The Morgan fingerprint density at radius 1 is 1.57 bits per heavy atom. The van der Waals surface area contributed by atoms with E-state index in [2.05, 4.69) is 33.0 Å². The Morgan fingerprint density at radius 2 is 2.14 bits per heavy atom. The van der Waals surface area contributed by atoms with Gasteiger partial charge in [-0.25, -0.2) is 0 Å². The van der Waals surface area contributed by atoms with Crippen molar-refractivity contribution >= 4 is 5.91 Å². The maximum atomic E-state index is 12.0. The van der Waals surface area contributed by atoms with Crippen molar-refractivity contribution in [2.75, 3.05) is 0 Å². The summed E-state index contributed by atoms with van der Waals surface area (Å²) in [5.74, 6) is 0.301. The molecule has 1 aliphatic heterocycles. The number of carbonyl (C=O) groups is 1. The van der Waals surface area contributed by atoms with E-state index in [1.807, 2.05) is 4.90 Å². The summed E-state index contributed by atoms with van der Waals surface area (Å²) in [5.41, 5.74) is 0.341. The molecule has 1 heterocycles. The van der Waals surface area contributed by atoms with Gasteiger partial charge in [-0.3, -0.25) is 10.1 Å². The summed E-state index contributed by atoms with van der Waals surface area (Å²) in [6.45, 7) is 8.61. The molecule has 80 valence electrons. The van der Waals surface area contributed by atoms with Crippen LogP contribution in [0.3, 0.4) is 0 Å². The van der Waals surface area contributed by atoms with Gasteiger partial charge in [0.25, 0.3) is 0 Å². The topological polar surface area (TPSA) is 32.3 Å². The van der Waals surface area contributed by atoms with Crippen LogP contribution in [0.4, 0.5) is 0 Å². The van der Waals surface area contributed by atoms with Crippen molar-refractivity contribution in [1.82, 2.24) is 10.2 Å². The first-order chi connectivity index (χ1) is 6.47. The summed E-state index contributed by atoms with van der Waals surface area (Å²) in [6, 6.07) is 0.524. The quantitative estimate of drug-likeness (QED) is 0.723. The maximum absolute atomic E-state index is 12.0. The highest BCUT2D eigenvalue weighted by Gasteiger charge is 2.55. The molecule has 0 bridgehead atoms. The lowest BCUT2D eigenvalue weighted by molar-refractivity contribution is -0.130. The summed E-state index contributed by atoms with van der Waals surface area (Å²) >= 11 is 0. The van der Waals surface area contributed by atoms with Crippen molar-refractivity contribution in [1.29, 1.82) is 0 Å². The van der Waals surface area contributed by atoms with Crippen LogP contribution in [-0.2, 0) is 4.79 Å². The standard InChI is InChI=1S/C11H20N2O/c1-5-8-10(14)13(7(2)12-8)9-6-11(9,3)4/h7-9,12H,5-6H2,1-4H3. The van der Waals surface area contributed by atoms with Crippen LogP contribution in [0.2, 0.25) is 0 Å². The Morgan fingerprint density at radius 3 is 2.50 bits per heavy atom. The number of amides is 1. The van der Waals surface area contributed by atoms with Gasteiger partial charge < -0.3 is 4.90 Å². The first-order valence-corrected chi connectivity index (χ1v) is 5.55. The average Bonchev–Trinajstić information content (AvgIpc) is 2.59. The summed E-state index contributed by atoms with van der Waals surface area (Å²) in [7, 11) is 0. The fourth-order valence-electron chi connectivity index (χ4n) is 2.44. The van der Waals surface area contributed by atoms with Crippen LogP contribution in [0.25, 0.3) is 0 Å². The first kappa shape index (κ1) is 9.97. The van der Waals surface area contributed by atoms with E-state index in [4.69, 9.17) is 0 Å². The molecule has 0 radical (unpaired) electrons. The van der Waals surface area contributed by atoms with E-state index in [1.165, 1.54) is 0 Å². The van der Waals surface area contributed by atoms with Crippen LogP contribution in [0.5, 0.6) is 0 Å². The molecule has 14 heavy (non-hydrogen) atoms. The van der Waals surface area contributed by atoms with E-state index in [-0.39, 0.29) is 12.2 Å². The minimum Gasteiger partial charge on any atom is -0.323 e. The minimum atomic E-state index is 0.0569. The summed E-state index contributed by atoms with van der Waals surface area (Å²) < 4.78 is 0. The Labute approximate surface area is 85.8 Å². The Kier molecular flexibility index (Phi) is 2.11. The summed E-state index contributed by atoms with van der Waals surface area (Å²) in [5, 5.41) is 3.34. The van der Waals surface area contributed by atoms with Crippen molar-refractivity contribution in [3.05, 3.63) is 0 Å². The maximum Gasteiger partial charge on any atom is 0.241 e. The Hall–Kier alpha value is -0.570. The third-order valence-electron chi connectivity index (χ3n) is 3.62. The van der Waals surface area contributed by atoms with Gasteiger partial charge in [-0.05, 0) is 25.2 Å². The molecule has 2 aliphatic rings. The molecule has 1 amide bonds. The summed E-state index contributed by atoms with van der Waals surface area (Å²) in [6.07, 6.45) is 2.27. The van der Waals surface area contributed by atoms with Crippen molar-refractivity contribution in [3.63, 3.8) is 0 Å². The van der Waals surface area contributed by atoms with Gasteiger partial charge in [0.05, 0.1) is 12.2 Å². The molecule has 0 spiro atoms. The fraction of sp³-hybridized carbons (Fsp3) is 0.909. The zero-order valence-electron chi connectivity index (χ0n) is 9.50. The molecule has 1 saturated heterocycles. The molecule has 3 heteroatoms. The molecule has 3 unspecified atom stereocenters. The minimum absolute atomic E-state index is 0.0569. The normalized spacial score (nSPS) is 40.4. The molecule has 1 saturated carbocycles. The van der Waals surface area contributed by atoms with E-state index >= 15 is 0 Å². The van der Waals surface area contributed by atoms with Crippen molar-refractivity contribution < 1.29 is 4.79 Å². The van der Waals surface area contributed by atoms with E-state index in [9.17, 15) is 4.79 Å². The smallest absolute Gasteiger partial charge is 0.241 e. The van der Waals surface area contributed by atoms with Gasteiger partial charge in [0.2, 0.25) is 5.91 Å². The zero-order valence-corrected chi connectivity index (χ0v) is 9.50. The SMILES string of the molecule is CCC1NC(C)N(C2CC2(C)C)C1=O. The predicted octanol–water partition coefficient (Wildman–Crippen LogP) is 1.34. The van der Waals surface area contributed by atoms with Gasteiger partial charge in [-0.1, -0.05) is 20.8 Å². The van der Waals surface area contributed by atoms with E-state index < -0.39 is 0 Å². The highest BCUT2D eigenvalue weighted by atomic mass is 16.2. The van der Waals surface area contributed by atoms with Crippen LogP contribution in [0, 0.1) is 5.41 Å². The van der Waals surface area contributed by atoms with Gasteiger partial charge in [-0.2, -0.15) is 0 Å². The molecule has 0 aromatic carbocycles. The Bertz CT molecular complexity index is 262. The fourth-order valence-corrected chi connectivity index (χ4v) is 2.44. The van der Waals surface area contributed by atoms with Crippen molar-refractivity contribution in [2.24, 2.45) is 5.41 Å². The molecule has 3 nitrogen and oxygen atoms in total. The van der Waals surface area contributed by atoms with Crippen LogP contribution in [0.15, 0.2) is 0 Å². The molecule has 2 rings (SSSR count). The number of carbonyl (C=O) groups excluding carboxylic acids is 1. The van der Waals surface area contributed by atoms with E-state index in [0.29, 0.717) is 17.4 Å². The van der Waals surface area contributed by atoms with Gasteiger partial charge >= 0.3 is 0 Å². The first-order valence-electron chi connectivity index (χ1n) is 5.55. The van der Waals surface area contributed by atoms with Gasteiger partial charge in [0.1, 0.15) is 0 Å². The molecule has 0 aromatic rings. The lowest BCUT2D eigenvalue weighted by Crippen LogP contribution is -2.38. The van der Waals surface area contributed by atoms with Gasteiger partial charge in [-0.15, -0.1) is 0 Å². The second-order valence-corrected chi connectivity index (χ2v) is 5.26. The molecule has 1 aliphatic carbocycles. The largest absolute Gasteiger partial charge is 0.323 e. The number of rotatable bonds is 2. The van der Waals surface area contributed by atoms with E-state index in [0.717, 1.165) is 12.8 Å². The molecule has 2 fully saturated rings. The zero-order chi connectivity index (χ0) is 10.5. The summed E-state index contributed by atoms with van der Waals surface area (Å²) in [4.78, 5) is 14.0. The lowest BCUT2D eigenvalue weighted by Gasteiger charge is -2.22. The van der Waals surface area contributed by atoms with Crippen molar-refractivity contribution in [2.45, 2.75) is 58.8 Å². The third-order valence-corrected chi connectivity index (χ3v) is 3.62. The molecule has 3 atom stereocenters. The number of nitrogens with zero attached hydrogens (tertiary/aromatic N) is 1. The number of nitrogens with one attached hydrogen (secondary N) is 1. The van der Waals surface area contributed by atoms with Gasteiger partial charge in [0, 0.05) is 6.04 Å². The number of hydrogen-bond donors (Lipinski definition) is 1. The van der Waals surface area contributed by atoms with Gasteiger partial charge in [0.15, 0.2) is 0 Å². The lowest BCUT2D eigenvalue weighted by atomic mass is 10.1. The number of hydrogen-bond acceptors (Lipinski definition) is 2. The molecular formula is C11H20N2O. The molecule has 1 N–H and O–H groups in total. The third kappa shape index (κ3) is 1.34. The predicted molar refractivity (Wildman–Crippen MR) is 55.7 cm³/mol. The second-order valence-electron chi connectivity index (χ2n) is 5.26. The molecule has 0 aromatic heterocycles. The van der Waals surface area contributed by atoms with Crippen LogP contribution >= 0.6 is 0 Å². The van der Waals surface area contributed by atoms with E-state index in [1.54, 1.807) is 0 Å². The highest BCUT2D eigenvalue weighted by molar-refractivity contribution is 5.85. The Balaban J connectivity index is 2.10. The molecular weight excluding hydrogens is 176 g/mol. The highest BCUT2D eigenvalue weighted by Crippen LogP contribution is 2.49.